The van der Waals surface area contributed by atoms with E-state index in [9.17, 15) is 4.79 Å². The van der Waals surface area contributed by atoms with Crippen molar-refractivity contribution in [2.24, 2.45) is 5.92 Å². The van der Waals surface area contributed by atoms with E-state index in [0.29, 0.717) is 49.1 Å². The van der Waals surface area contributed by atoms with Crippen molar-refractivity contribution in [1.82, 2.24) is 14.7 Å². The van der Waals surface area contributed by atoms with Gasteiger partial charge in [-0.25, -0.2) is 4.68 Å². The zero-order valence-corrected chi connectivity index (χ0v) is 19.5. The summed E-state index contributed by atoms with van der Waals surface area (Å²) in [6, 6.07) is 15.4. The number of piperidine rings is 1. The highest BCUT2D eigenvalue weighted by Gasteiger charge is 2.34. The molecule has 178 valence electrons. The van der Waals surface area contributed by atoms with Crippen LogP contribution in [-0.4, -0.2) is 67.4 Å². The van der Waals surface area contributed by atoms with Crippen LogP contribution in [0.4, 0.5) is 0 Å². The van der Waals surface area contributed by atoms with Crippen molar-refractivity contribution in [2.45, 2.75) is 19.1 Å². The minimum atomic E-state index is -0.229. The van der Waals surface area contributed by atoms with E-state index in [-0.39, 0.29) is 18.1 Å². The Kier molecular flexibility index (Phi) is 6.51. The second-order valence-electron chi connectivity index (χ2n) is 8.50. The third-order valence-electron chi connectivity index (χ3n) is 6.40. The van der Waals surface area contributed by atoms with Crippen LogP contribution in [0.1, 0.15) is 23.2 Å². The molecule has 8 nitrogen and oxygen atoms in total. The monoisotopic (exact) mass is 463 g/mol. The fourth-order valence-electron chi connectivity index (χ4n) is 4.68. The van der Waals surface area contributed by atoms with E-state index in [4.69, 9.17) is 24.0 Å². The number of amides is 1. The molecule has 2 aliphatic rings. The zero-order valence-electron chi connectivity index (χ0n) is 19.5. The van der Waals surface area contributed by atoms with Crippen molar-refractivity contribution in [3.05, 3.63) is 60.3 Å². The first kappa shape index (κ1) is 22.4. The number of benzene rings is 2. The summed E-state index contributed by atoms with van der Waals surface area (Å²) in [5.74, 6) is 1.34. The van der Waals surface area contributed by atoms with Gasteiger partial charge in [0.15, 0.2) is 17.8 Å². The Morgan fingerprint density at radius 2 is 1.79 bits per heavy atom. The number of hydrogen-bond donors (Lipinski definition) is 0. The molecule has 1 aromatic heterocycles. The van der Waals surface area contributed by atoms with Gasteiger partial charge in [-0.2, -0.15) is 5.10 Å². The predicted octanol–water partition coefficient (Wildman–Crippen LogP) is 3.78. The number of methoxy groups -OCH3 is 2. The van der Waals surface area contributed by atoms with Gasteiger partial charge in [-0.05, 0) is 43.2 Å². The van der Waals surface area contributed by atoms with Crippen molar-refractivity contribution >= 4 is 5.91 Å². The van der Waals surface area contributed by atoms with Crippen LogP contribution in [0.15, 0.2) is 54.7 Å². The molecule has 5 rings (SSSR count). The zero-order chi connectivity index (χ0) is 23.5. The van der Waals surface area contributed by atoms with Gasteiger partial charge in [-0.3, -0.25) is 4.79 Å². The van der Waals surface area contributed by atoms with Gasteiger partial charge in [0.25, 0.3) is 5.91 Å². The molecule has 0 spiro atoms. The summed E-state index contributed by atoms with van der Waals surface area (Å²) in [6.45, 7) is 2.53. The van der Waals surface area contributed by atoms with E-state index in [1.54, 1.807) is 18.9 Å². The molecular formula is C26H29N3O5. The molecule has 34 heavy (non-hydrogen) atoms. The van der Waals surface area contributed by atoms with Gasteiger partial charge in [-0.1, -0.05) is 18.2 Å². The van der Waals surface area contributed by atoms with Crippen LogP contribution in [0.25, 0.3) is 16.9 Å². The molecule has 0 bridgehead atoms. The van der Waals surface area contributed by atoms with Crippen LogP contribution in [0.5, 0.6) is 11.5 Å². The molecule has 1 amide bonds. The van der Waals surface area contributed by atoms with E-state index in [1.165, 1.54) is 0 Å². The summed E-state index contributed by atoms with van der Waals surface area (Å²) < 4.78 is 24.1. The average Bonchev–Trinajstić information content (AvgIpc) is 3.59. The number of para-hydroxylation sites is 1. The minimum absolute atomic E-state index is 0.0466. The second kappa shape index (κ2) is 9.87. The smallest absolute Gasteiger partial charge is 0.257 e. The quantitative estimate of drug-likeness (QED) is 0.554. The van der Waals surface area contributed by atoms with Crippen LogP contribution < -0.4 is 9.47 Å². The van der Waals surface area contributed by atoms with E-state index in [2.05, 4.69) is 0 Å². The third-order valence-corrected chi connectivity index (χ3v) is 6.40. The molecule has 2 aromatic carbocycles. The fraction of sp³-hybridized carbons (Fsp3) is 0.385. The lowest BCUT2D eigenvalue weighted by molar-refractivity contribution is -0.0969. The number of carbonyl (C=O) groups is 1. The van der Waals surface area contributed by atoms with Gasteiger partial charge in [0.1, 0.15) is 5.69 Å². The van der Waals surface area contributed by atoms with Crippen LogP contribution in [-0.2, 0) is 9.47 Å². The Bertz CT molecular complexity index is 1140. The molecule has 8 heteroatoms. The summed E-state index contributed by atoms with van der Waals surface area (Å²) >= 11 is 0. The highest BCUT2D eigenvalue weighted by Crippen LogP contribution is 2.34. The normalized spacial score (nSPS) is 18.8. The van der Waals surface area contributed by atoms with Gasteiger partial charge in [0, 0.05) is 30.8 Å². The molecule has 3 heterocycles. The van der Waals surface area contributed by atoms with Crippen LogP contribution >= 0.6 is 0 Å². The largest absolute Gasteiger partial charge is 0.493 e. The molecular weight excluding hydrogens is 434 g/mol. The lowest BCUT2D eigenvalue weighted by Gasteiger charge is -2.34. The van der Waals surface area contributed by atoms with E-state index >= 15 is 0 Å². The Balaban J connectivity index is 1.51. The van der Waals surface area contributed by atoms with Crippen molar-refractivity contribution < 1.29 is 23.7 Å². The molecule has 0 aliphatic carbocycles. The molecule has 3 aromatic rings. The Morgan fingerprint density at radius 3 is 2.53 bits per heavy atom. The summed E-state index contributed by atoms with van der Waals surface area (Å²) in [5, 5.41) is 4.82. The van der Waals surface area contributed by atoms with Gasteiger partial charge in [0.05, 0.1) is 38.7 Å². The molecule has 2 fully saturated rings. The number of hydrogen-bond acceptors (Lipinski definition) is 6. The van der Waals surface area contributed by atoms with Gasteiger partial charge >= 0.3 is 0 Å². The summed E-state index contributed by atoms with van der Waals surface area (Å²) in [5.41, 5.74) is 2.81. The number of ether oxygens (including phenoxy) is 4. The third kappa shape index (κ3) is 4.38. The molecule has 2 saturated heterocycles. The van der Waals surface area contributed by atoms with E-state index < -0.39 is 0 Å². The maximum atomic E-state index is 13.8. The summed E-state index contributed by atoms with van der Waals surface area (Å²) in [4.78, 5) is 15.7. The van der Waals surface area contributed by atoms with Crippen molar-refractivity contribution in [3.63, 3.8) is 0 Å². The van der Waals surface area contributed by atoms with Crippen molar-refractivity contribution in [3.8, 4) is 28.4 Å². The van der Waals surface area contributed by atoms with Gasteiger partial charge in [0.2, 0.25) is 0 Å². The number of nitrogens with zero attached hydrogens (tertiary/aromatic N) is 3. The SMILES string of the molecule is COc1ccc(-c2nn(-c3ccccc3)cc2C(=O)N2CCCC(C3OCCO3)C2)cc1OC. The summed E-state index contributed by atoms with van der Waals surface area (Å²) in [7, 11) is 3.19. The maximum absolute atomic E-state index is 13.8. The Morgan fingerprint density at radius 1 is 1.03 bits per heavy atom. The first-order valence-corrected chi connectivity index (χ1v) is 11.6. The highest BCUT2D eigenvalue weighted by atomic mass is 16.7. The van der Waals surface area contributed by atoms with Gasteiger partial charge < -0.3 is 23.8 Å². The van der Waals surface area contributed by atoms with Crippen LogP contribution in [0.3, 0.4) is 0 Å². The first-order chi connectivity index (χ1) is 16.7. The minimum Gasteiger partial charge on any atom is -0.493 e. The lowest BCUT2D eigenvalue weighted by atomic mass is 9.96. The molecule has 1 unspecified atom stereocenters. The number of aromatic nitrogens is 2. The molecule has 1 atom stereocenters. The molecule has 0 radical (unpaired) electrons. The summed E-state index contributed by atoms with van der Waals surface area (Å²) in [6.07, 6.45) is 3.49. The Labute approximate surface area is 199 Å². The molecule has 0 N–H and O–H groups in total. The van der Waals surface area contributed by atoms with Crippen LogP contribution in [0, 0.1) is 5.92 Å². The van der Waals surface area contributed by atoms with E-state index in [1.807, 2.05) is 59.6 Å². The second-order valence-corrected chi connectivity index (χ2v) is 8.50. The number of likely N-dealkylation sites (tertiary alicyclic amines) is 1. The Hall–Kier alpha value is -3.36. The van der Waals surface area contributed by atoms with Crippen LogP contribution in [0.2, 0.25) is 0 Å². The number of rotatable bonds is 6. The topological polar surface area (TPSA) is 75.1 Å². The van der Waals surface area contributed by atoms with Crippen molar-refractivity contribution in [2.75, 3.05) is 40.5 Å². The predicted molar refractivity (Wildman–Crippen MR) is 126 cm³/mol. The fourth-order valence-corrected chi connectivity index (χ4v) is 4.68. The first-order valence-electron chi connectivity index (χ1n) is 11.6. The van der Waals surface area contributed by atoms with E-state index in [0.717, 1.165) is 24.1 Å². The van der Waals surface area contributed by atoms with Crippen molar-refractivity contribution in [1.29, 1.82) is 0 Å². The molecule has 2 aliphatic heterocycles. The maximum Gasteiger partial charge on any atom is 0.257 e. The van der Waals surface area contributed by atoms with Gasteiger partial charge in [-0.15, -0.1) is 0 Å². The molecule has 0 saturated carbocycles. The highest BCUT2D eigenvalue weighted by molar-refractivity contribution is 6.00. The lowest BCUT2D eigenvalue weighted by Crippen LogP contribution is -2.43. The standard InChI is InChI=1S/C26H29N3O5/c1-31-22-11-10-18(15-23(22)32-2)24-21(17-29(27-24)20-8-4-3-5-9-20)25(30)28-12-6-7-19(16-28)26-33-13-14-34-26/h3-5,8-11,15,17,19,26H,6-7,12-14,16H2,1-2H3. The number of carbonyl (C=O) groups excluding carboxylic acids is 1. The average molecular weight is 464 g/mol.